The SMILES string of the molecule is C[C@H](C[S@](C)=O)N(C)C(=O)N(c1ccccc1)c1ccccc1. The number of urea groups is 1. The lowest BCUT2D eigenvalue weighted by atomic mass is 10.2. The molecule has 0 unspecified atom stereocenters. The fraction of sp³-hybridized carbons (Fsp3) is 0.278. The molecule has 0 N–H and O–H groups in total. The summed E-state index contributed by atoms with van der Waals surface area (Å²) in [6.07, 6.45) is 1.65. The molecule has 0 fully saturated rings. The van der Waals surface area contributed by atoms with Crippen LogP contribution in [0.5, 0.6) is 0 Å². The van der Waals surface area contributed by atoms with E-state index < -0.39 is 10.8 Å². The molecule has 2 aromatic carbocycles. The van der Waals surface area contributed by atoms with Crippen LogP contribution in [0.2, 0.25) is 0 Å². The summed E-state index contributed by atoms with van der Waals surface area (Å²) in [6, 6.07) is 18.8. The fourth-order valence-electron chi connectivity index (χ4n) is 2.32. The van der Waals surface area contributed by atoms with Gasteiger partial charge < -0.3 is 4.90 Å². The molecular weight excluding hydrogens is 308 g/mol. The lowest BCUT2D eigenvalue weighted by Gasteiger charge is -2.31. The Morgan fingerprint density at radius 2 is 1.43 bits per heavy atom. The lowest BCUT2D eigenvalue weighted by molar-refractivity contribution is 0.207. The summed E-state index contributed by atoms with van der Waals surface area (Å²) in [5, 5.41) is 0. The first-order chi connectivity index (χ1) is 11.0. The molecule has 5 heteroatoms. The van der Waals surface area contributed by atoms with Gasteiger partial charge in [-0.25, -0.2) is 4.79 Å². The Labute approximate surface area is 140 Å². The van der Waals surface area contributed by atoms with E-state index in [0.29, 0.717) is 5.75 Å². The van der Waals surface area contributed by atoms with Gasteiger partial charge in [-0.05, 0) is 31.2 Å². The van der Waals surface area contributed by atoms with Crippen molar-refractivity contribution in [3.63, 3.8) is 0 Å². The predicted octanol–water partition coefficient (Wildman–Crippen LogP) is 3.64. The van der Waals surface area contributed by atoms with Gasteiger partial charge in [0.05, 0.1) is 11.4 Å². The second-order valence-electron chi connectivity index (χ2n) is 5.49. The van der Waals surface area contributed by atoms with Crippen LogP contribution in [0.25, 0.3) is 0 Å². The lowest BCUT2D eigenvalue weighted by Crippen LogP contribution is -2.45. The van der Waals surface area contributed by atoms with Crippen molar-refractivity contribution in [1.82, 2.24) is 4.90 Å². The maximum Gasteiger partial charge on any atom is 0.329 e. The highest BCUT2D eigenvalue weighted by Crippen LogP contribution is 2.26. The van der Waals surface area contributed by atoms with E-state index in [4.69, 9.17) is 0 Å². The van der Waals surface area contributed by atoms with Gasteiger partial charge in [0.25, 0.3) is 0 Å². The van der Waals surface area contributed by atoms with Crippen molar-refractivity contribution in [2.24, 2.45) is 0 Å². The number of nitrogens with zero attached hydrogens (tertiary/aromatic N) is 2. The molecule has 0 aromatic heterocycles. The molecule has 2 atom stereocenters. The van der Waals surface area contributed by atoms with Crippen molar-refractivity contribution in [1.29, 1.82) is 0 Å². The van der Waals surface area contributed by atoms with Gasteiger partial charge >= 0.3 is 6.03 Å². The topological polar surface area (TPSA) is 40.6 Å². The Hall–Kier alpha value is -2.14. The van der Waals surface area contributed by atoms with Crippen LogP contribution in [-0.4, -0.2) is 40.2 Å². The van der Waals surface area contributed by atoms with Crippen LogP contribution >= 0.6 is 0 Å². The van der Waals surface area contributed by atoms with E-state index in [9.17, 15) is 9.00 Å². The largest absolute Gasteiger partial charge is 0.329 e. The molecule has 0 heterocycles. The molecule has 0 saturated heterocycles. The molecule has 0 aliphatic heterocycles. The first-order valence-electron chi connectivity index (χ1n) is 7.47. The maximum atomic E-state index is 13.0. The zero-order valence-electron chi connectivity index (χ0n) is 13.7. The molecule has 23 heavy (non-hydrogen) atoms. The van der Waals surface area contributed by atoms with Crippen LogP contribution in [0.15, 0.2) is 60.7 Å². The number of hydrogen-bond acceptors (Lipinski definition) is 2. The number of rotatable bonds is 5. The van der Waals surface area contributed by atoms with Gasteiger partial charge in [0.2, 0.25) is 0 Å². The first kappa shape index (κ1) is 17.2. The summed E-state index contributed by atoms with van der Waals surface area (Å²) in [4.78, 5) is 16.3. The molecule has 122 valence electrons. The second kappa shape index (κ2) is 7.92. The molecule has 2 aromatic rings. The molecule has 0 spiro atoms. The van der Waals surface area contributed by atoms with Crippen molar-refractivity contribution >= 4 is 28.2 Å². The molecule has 0 aliphatic rings. The monoisotopic (exact) mass is 330 g/mol. The average Bonchev–Trinajstić information content (AvgIpc) is 2.55. The van der Waals surface area contributed by atoms with Crippen molar-refractivity contribution in [3.05, 3.63) is 60.7 Å². The number of carbonyl (C=O) groups excluding carboxylic acids is 1. The van der Waals surface area contributed by atoms with Gasteiger partial charge in [0.15, 0.2) is 0 Å². The summed E-state index contributed by atoms with van der Waals surface area (Å²) in [6.45, 7) is 1.91. The Kier molecular flexibility index (Phi) is 5.93. The highest BCUT2D eigenvalue weighted by molar-refractivity contribution is 7.84. The minimum absolute atomic E-state index is 0.108. The summed E-state index contributed by atoms with van der Waals surface area (Å²) >= 11 is 0. The maximum absolute atomic E-state index is 13.0. The van der Waals surface area contributed by atoms with Crippen molar-refractivity contribution in [2.75, 3.05) is 24.0 Å². The number of benzene rings is 2. The molecule has 0 bridgehead atoms. The fourth-order valence-corrected chi connectivity index (χ4v) is 3.22. The Morgan fingerprint density at radius 3 is 1.83 bits per heavy atom. The van der Waals surface area contributed by atoms with Crippen LogP contribution in [-0.2, 0) is 10.8 Å². The molecular formula is C18H22N2O2S. The van der Waals surface area contributed by atoms with Gasteiger partial charge in [-0.2, -0.15) is 0 Å². The normalized spacial score (nSPS) is 13.2. The molecule has 2 rings (SSSR count). The van der Waals surface area contributed by atoms with Crippen LogP contribution in [0, 0.1) is 0 Å². The van der Waals surface area contributed by atoms with E-state index in [0.717, 1.165) is 11.4 Å². The standard InChI is InChI=1S/C18H22N2O2S/c1-15(14-23(3)22)19(2)18(21)20(16-10-6-4-7-11-16)17-12-8-5-9-13-17/h4-13,15H,14H2,1-3H3/t15-,23+/m1/s1. The molecule has 2 amide bonds. The van der Waals surface area contributed by atoms with Crippen molar-refractivity contribution in [3.8, 4) is 0 Å². The molecule has 0 saturated carbocycles. The Morgan fingerprint density at radius 1 is 1.00 bits per heavy atom. The van der Waals surface area contributed by atoms with E-state index in [1.165, 1.54) is 0 Å². The number of para-hydroxylation sites is 2. The van der Waals surface area contributed by atoms with Crippen molar-refractivity contribution in [2.45, 2.75) is 13.0 Å². The van der Waals surface area contributed by atoms with Crippen LogP contribution < -0.4 is 4.90 Å². The predicted molar refractivity (Wildman–Crippen MR) is 96.6 cm³/mol. The summed E-state index contributed by atoms with van der Waals surface area (Å²) in [7, 11) is 0.801. The Bertz CT molecular complexity index is 622. The molecule has 0 radical (unpaired) electrons. The van der Waals surface area contributed by atoms with Gasteiger partial charge in [-0.3, -0.25) is 9.11 Å². The third-order valence-electron chi connectivity index (χ3n) is 3.66. The van der Waals surface area contributed by atoms with Gasteiger partial charge in [0, 0.05) is 35.9 Å². The minimum Gasteiger partial charge on any atom is -0.323 e. The summed E-state index contributed by atoms with van der Waals surface area (Å²) in [5.41, 5.74) is 1.61. The van der Waals surface area contributed by atoms with E-state index in [1.54, 1.807) is 23.1 Å². The number of hydrogen-bond donors (Lipinski definition) is 0. The average molecular weight is 330 g/mol. The molecule has 4 nitrogen and oxygen atoms in total. The summed E-state index contributed by atoms with van der Waals surface area (Å²) in [5.74, 6) is 0.458. The minimum atomic E-state index is -0.947. The third-order valence-corrected chi connectivity index (χ3v) is 4.61. The van der Waals surface area contributed by atoms with Crippen LogP contribution in [0.1, 0.15) is 6.92 Å². The van der Waals surface area contributed by atoms with E-state index >= 15 is 0 Å². The third kappa shape index (κ3) is 4.42. The van der Waals surface area contributed by atoms with E-state index in [-0.39, 0.29) is 12.1 Å². The number of carbonyl (C=O) groups is 1. The highest BCUT2D eigenvalue weighted by Gasteiger charge is 2.25. The quantitative estimate of drug-likeness (QED) is 0.840. The first-order valence-corrected chi connectivity index (χ1v) is 9.20. The second-order valence-corrected chi connectivity index (χ2v) is 6.97. The zero-order valence-corrected chi connectivity index (χ0v) is 14.5. The highest BCUT2D eigenvalue weighted by atomic mass is 32.2. The van der Waals surface area contributed by atoms with Crippen LogP contribution in [0.4, 0.5) is 16.2 Å². The van der Waals surface area contributed by atoms with Crippen molar-refractivity contribution < 1.29 is 9.00 Å². The summed E-state index contributed by atoms with van der Waals surface area (Å²) < 4.78 is 11.5. The van der Waals surface area contributed by atoms with Gasteiger partial charge in [-0.1, -0.05) is 36.4 Å². The van der Waals surface area contributed by atoms with Gasteiger partial charge in [0.1, 0.15) is 0 Å². The van der Waals surface area contributed by atoms with E-state index in [2.05, 4.69) is 0 Å². The smallest absolute Gasteiger partial charge is 0.323 e. The molecule has 0 aliphatic carbocycles. The Balaban J connectivity index is 2.34. The van der Waals surface area contributed by atoms with Crippen LogP contribution in [0.3, 0.4) is 0 Å². The van der Waals surface area contributed by atoms with Gasteiger partial charge in [-0.15, -0.1) is 0 Å². The zero-order chi connectivity index (χ0) is 16.8. The van der Waals surface area contributed by atoms with E-state index in [1.807, 2.05) is 67.6 Å². The number of anilines is 2. The number of amides is 2.